The molecule has 0 N–H and O–H groups in total. The standard InChI is InChI=1S/C17H16N2O5/c1-4-24-17(21)12-9-18-15-11-8-14(23-3)13(22-2)7-10(11)5-6-19(15)16(12)20/h5-9H,4H2,1-3H3. The van der Waals surface area contributed by atoms with E-state index in [0.717, 1.165) is 5.39 Å². The Morgan fingerprint density at radius 1 is 1.21 bits per heavy atom. The molecular weight excluding hydrogens is 312 g/mol. The van der Waals surface area contributed by atoms with Gasteiger partial charge in [0.05, 0.1) is 20.8 Å². The van der Waals surface area contributed by atoms with Gasteiger partial charge in [-0.3, -0.25) is 9.20 Å². The topological polar surface area (TPSA) is 79.1 Å². The number of carbonyl (C=O) groups is 1. The van der Waals surface area contributed by atoms with Gasteiger partial charge < -0.3 is 14.2 Å². The van der Waals surface area contributed by atoms with E-state index in [4.69, 9.17) is 14.2 Å². The van der Waals surface area contributed by atoms with Crippen LogP contribution in [-0.4, -0.2) is 36.2 Å². The summed E-state index contributed by atoms with van der Waals surface area (Å²) in [7, 11) is 3.09. The van der Waals surface area contributed by atoms with Crippen LogP contribution in [0.3, 0.4) is 0 Å². The van der Waals surface area contributed by atoms with Gasteiger partial charge in [0.15, 0.2) is 11.5 Å². The van der Waals surface area contributed by atoms with Crippen molar-refractivity contribution in [3.8, 4) is 11.5 Å². The Bertz CT molecular complexity index is 994. The fourth-order valence-electron chi connectivity index (χ4n) is 2.54. The zero-order chi connectivity index (χ0) is 17.3. The van der Waals surface area contributed by atoms with Gasteiger partial charge in [0.25, 0.3) is 5.56 Å². The van der Waals surface area contributed by atoms with Crippen LogP contribution in [0.5, 0.6) is 11.5 Å². The number of hydrogen-bond donors (Lipinski definition) is 0. The number of benzene rings is 1. The average Bonchev–Trinajstić information content (AvgIpc) is 2.60. The SMILES string of the molecule is CCOC(=O)c1cnc2c3cc(OC)c(OC)cc3ccn2c1=O. The fourth-order valence-corrected chi connectivity index (χ4v) is 2.54. The number of hydrogen-bond acceptors (Lipinski definition) is 6. The number of rotatable bonds is 4. The van der Waals surface area contributed by atoms with E-state index in [-0.39, 0.29) is 12.2 Å². The van der Waals surface area contributed by atoms with Gasteiger partial charge >= 0.3 is 5.97 Å². The smallest absolute Gasteiger partial charge is 0.345 e. The molecule has 0 fully saturated rings. The molecule has 0 aliphatic heterocycles. The maximum absolute atomic E-state index is 12.5. The predicted molar refractivity (Wildman–Crippen MR) is 88.0 cm³/mol. The molecule has 2 aromatic heterocycles. The first-order valence-corrected chi connectivity index (χ1v) is 7.34. The van der Waals surface area contributed by atoms with Crippen LogP contribution in [0, 0.1) is 0 Å². The molecule has 7 nitrogen and oxygen atoms in total. The van der Waals surface area contributed by atoms with Crippen molar-refractivity contribution in [1.82, 2.24) is 9.38 Å². The molecule has 0 atom stereocenters. The fraction of sp³-hybridized carbons (Fsp3) is 0.235. The van der Waals surface area contributed by atoms with Crippen LogP contribution < -0.4 is 15.0 Å². The summed E-state index contributed by atoms with van der Waals surface area (Å²) in [6.07, 6.45) is 2.81. The molecule has 0 aliphatic rings. The number of esters is 1. The van der Waals surface area contributed by atoms with Crippen LogP contribution >= 0.6 is 0 Å². The lowest BCUT2D eigenvalue weighted by Gasteiger charge is -2.11. The third kappa shape index (κ3) is 2.44. The lowest BCUT2D eigenvalue weighted by Crippen LogP contribution is -2.24. The molecule has 2 heterocycles. The van der Waals surface area contributed by atoms with Crippen molar-refractivity contribution in [2.75, 3.05) is 20.8 Å². The molecule has 24 heavy (non-hydrogen) atoms. The number of ether oxygens (including phenoxy) is 3. The number of nitrogens with zero attached hydrogens (tertiary/aromatic N) is 2. The molecule has 0 radical (unpaired) electrons. The molecule has 1 aromatic carbocycles. The summed E-state index contributed by atoms with van der Waals surface area (Å²) >= 11 is 0. The van der Waals surface area contributed by atoms with Crippen molar-refractivity contribution in [3.63, 3.8) is 0 Å². The first-order chi connectivity index (χ1) is 11.6. The second kappa shape index (κ2) is 6.19. The van der Waals surface area contributed by atoms with Crippen molar-refractivity contribution >= 4 is 22.4 Å². The van der Waals surface area contributed by atoms with Gasteiger partial charge in [-0.1, -0.05) is 0 Å². The van der Waals surface area contributed by atoms with Gasteiger partial charge in [0.1, 0.15) is 11.2 Å². The summed E-state index contributed by atoms with van der Waals surface area (Å²) in [6.45, 7) is 1.87. The van der Waals surface area contributed by atoms with Crippen LogP contribution in [0.25, 0.3) is 16.4 Å². The Morgan fingerprint density at radius 2 is 1.92 bits per heavy atom. The number of methoxy groups -OCH3 is 2. The molecule has 7 heteroatoms. The number of carbonyl (C=O) groups excluding carboxylic acids is 1. The normalized spacial score (nSPS) is 10.8. The summed E-state index contributed by atoms with van der Waals surface area (Å²) in [5.41, 5.74) is -0.157. The number of fused-ring (bicyclic) bond motifs is 3. The molecule has 124 valence electrons. The zero-order valence-electron chi connectivity index (χ0n) is 13.5. The molecule has 0 spiro atoms. The Balaban J connectivity index is 2.30. The second-order valence-corrected chi connectivity index (χ2v) is 5.00. The number of pyridine rings is 1. The van der Waals surface area contributed by atoms with Gasteiger partial charge in [-0.25, -0.2) is 9.78 Å². The van der Waals surface area contributed by atoms with Crippen molar-refractivity contribution in [1.29, 1.82) is 0 Å². The van der Waals surface area contributed by atoms with Crippen molar-refractivity contribution in [3.05, 3.63) is 46.5 Å². The molecule has 0 aliphatic carbocycles. The van der Waals surface area contributed by atoms with E-state index in [1.165, 1.54) is 17.7 Å². The van der Waals surface area contributed by atoms with Gasteiger partial charge in [-0.05, 0) is 30.5 Å². The summed E-state index contributed by atoms with van der Waals surface area (Å²) in [6, 6.07) is 5.31. The Morgan fingerprint density at radius 3 is 2.58 bits per heavy atom. The monoisotopic (exact) mass is 328 g/mol. The lowest BCUT2D eigenvalue weighted by molar-refractivity contribution is 0.0523. The Kier molecular flexibility index (Phi) is 4.07. The zero-order valence-corrected chi connectivity index (χ0v) is 13.5. The summed E-state index contributed by atoms with van der Waals surface area (Å²) in [4.78, 5) is 28.6. The predicted octanol–water partition coefficient (Wildman–Crippen LogP) is 2.04. The highest BCUT2D eigenvalue weighted by Gasteiger charge is 2.16. The molecule has 3 aromatic rings. The van der Waals surface area contributed by atoms with Crippen molar-refractivity contribution in [2.24, 2.45) is 0 Å². The highest BCUT2D eigenvalue weighted by Crippen LogP contribution is 2.33. The van der Waals surface area contributed by atoms with Gasteiger partial charge in [-0.2, -0.15) is 0 Å². The van der Waals surface area contributed by atoms with E-state index >= 15 is 0 Å². The minimum absolute atomic E-state index is 0.103. The first-order valence-electron chi connectivity index (χ1n) is 7.34. The summed E-state index contributed by atoms with van der Waals surface area (Å²) < 4.78 is 16.8. The molecule has 0 bridgehead atoms. The van der Waals surface area contributed by atoms with E-state index in [2.05, 4.69) is 4.98 Å². The van der Waals surface area contributed by atoms with Crippen LogP contribution in [0.2, 0.25) is 0 Å². The van der Waals surface area contributed by atoms with Crippen LogP contribution in [0.15, 0.2) is 35.4 Å². The highest BCUT2D eigenvalue weighted by atomic mass is 16.5. The number of aromatic nitrogens is 2. The van der Waals surface area contributed by atoms with Crippen LogP contribution in [0.1, 0.15) is 17.3 Å². The lowest BCUT2D eigenvalue weighted by atomic mass is 10.1. The van der Waals surface area contributed by atoms with E-state index in [1.807, 2.05) is 0 Å². The van der Waals surface area contributed by atoms with Gasteiger partial charge in [0, 0.05) is 17.8 Å². The van der Waals surface area contributed by atoms with Crippen LogP contribution in [-0.2, 0) is 4.74 Å². The maximum Gasteiger partial charge on any atom is 0.345 e. The van der Waals surface area contributed by atoms with Crippen molar-refractivity contribution in [2.45, 2.75) is 6.92 Å². The molecular formula is C17H16N2O5. The minimum Gasteiger partial charge on any atom is -0.493 e. The molecule has 3 rings (SSSR count). The third-order valence-corrected chi connectivity index (χ3v) is 3.69. The van der Waals surface area contributed by atoms with E-state index in [9.17, 15) is 9.59 Å². The quantitative estimate of drug-likeness (QED) is 0.539. The van der Waals surface area contributed by atoms with E-state index in [0.29, 0.717) is 22.5 Å². The molecule has 0 amide bonds. The summed E-state index contributed by atoms with van der Waals surface area (Å²) in [5.74, 6) is 0.429. The van der Waals surface area contributed by atoms with Gasteiger partial charge in [-0.15, -0.1) is 0 Å². The van der Waals surface area contributed by atoms with Crippen LogP contribution in [0.4, 0.5) is 0 Å². The first kappa shape index (κ1) is 15.8. The maximum atomic E-state index is 12.5. The average molecular weight is 328 g/mol. The highest BCUT2D eigenvalue weighted by molar-refractivity contribution is 5.97. The third-order valence-electron chi connectivity index (χ3n) is 3.69. The second-order valence-electron chi connectivity index (χ2n) is 5.00. The van der Waals surface area contributed by atoms with E-state index < -0.39 is 11.5 Å². The van der Waals surface area contributed by atoms with E-state index in [1.54, 1.807) is 38.4 Å². The molecule has 0 unspecified atom stereocenters. The molecule has 0 saturated carbocycles. The van der Waals surface area contributed by atoms with Gasteiger partial charge in [0.2, 0.25) is 0 Å². The molecule has 0 saturated heterocycles. The Labute approximate surface area is 137 Å². The minimum atomic E-state index is -0.684. The van der Waals surface area contributed by atoms with Crippen molar-refractivity contribution < 1.29 is 19.0 Å². The Hall–Kier alpha value is -3.09. The largest absolute Gasteiger partial charge is 0.493 e. The summed E-state index contributed by atoms with van der Waals surface area (Å²) in [5, 5.41) is 1.55.